The highest BCUT2D eigenvalue weighted by Gasteiger charge is 2.16. The first-order valence-electron chi connectivity index (χ1n) is 8.31. The van der Waals surface area contributed by atoms with Crippen molar-refractivity contribution in [3.8, 4) is 11.5 Å². The van der Waals surface area contributed by atoms with E-state index in [1.165, 1.54) is 11.8 Å². The Labute approximate surface area is 158 Å². The number of hydrogen-bond donors (Lipinski definition) is 1. The summed E-state index contributed by atoms with van der Waals surface area (Å²) in [6.45, 7) is 4.26. The normalized spacial score (nSPS) is 12.7. The number of ether oxygens (including phenoxy) is 2. The van der Waals surface area contributed by atoms with Crippen molar-refractivity contribution in [3.05, 3.63) is 70.5 Å². The van der Waals surface area contributed by atoms with E-state index in [0.29, 0.717) is 33.6 Å². The largest absolute Gasteiger partial charge is 0.493 e. The third kappa shape index (κ3) is 3.92. The van der Waals surface area contributed by atoms with Crippen LogP contribution in [0.15, 0.2) is 54.3 Å². The van der Waals surface area contributed by atoms with Crippen LogP contribution in [0.5, 0.6) is 11.5 Å². The molecule has 26 heavy (non-hydrogen) atoms. The molecule has 2 aromatic rings. The van der Waals surface area contributed by atoms with E-state index in [4.69, 9.17) is 21.1 Å². The van der Waals surface area contributed by atoms with E-state index in [2.05, 4.69) is 19.2 Å². The number of rotatable bonds is 4. The molecule has 3 rings (SSSR count). The minimum absolute atomic E-state index is 0.228. The lowest BCUT2D eigenvalue weighted by atomic mass is 10.0. The van der Waals surface area contributed by atoms with Crippen LogP contribution in [0.2, 0.25) is 5.02 Å². The first-order valence-corrected chi connectivity index (χ1v) is 8.69. The van der Waals surface area contributed by atoms with Crippen molar-refractivity contribution in [3.63, 3.8) is 0 Å². The summed E-state index contributed by atoms with van der Waals surface area (Å²) in [5.41, 5.74) is 3.10. The maximum atomic E-state index is 12.6. The van der Waals surface area contributed by atoms with Gasteiger partial charge in [-0.2, -0.15) is 0 Å². The van der Waals surface area contributed by atoms with Gasteiger partial charge in [0.05, 0.1) is 13.4 Å². The zero-order chi connectivity index (χ0) is 18.7. The predicted octanol–water partition coefficient (Wildman–Crippen LogP) is 5.40. The number of nitrogens with one attached hydrogen (secondary N) is 1. The van der Waals surface area contributed by atoms with Gasteiger partial charge in [0.1, 0.15) is 0 Å². The molecule has 1 N–H and O–H groups in total. The van der Waals surface area contributed by atoms with E-state index in [9.17, 15) is 4.79 Å². The Morgan fingerprint density at radius 2 is 1.92 bits per heavy atom. The highest BCUT2D eigenvalue weighted by Crippen LogP contribution is 2.37. The molecule has 0 atom stereocenters. The SMILES string of the molecule is COc1cc(Cl)cc2c1OC=CC(C(=O)Nc1ccc(C(C)C)cc1)=C2. The zero-order valence-corrected chi connectivity index (χ0v) is 15.6. The van der Waals surface area contributed by atoms with Crippen LogP contribution in [0.3, 0.4) is 0 Å². The van der Waals surface area contributed by atoms with Crippen LogP contribution in [0.25, 0.3) is 6.08 Å². The summed E-state index contributed by atoms with van der Waals surface area (Å²) in [4.78, 5) is 12.6. The van der Waals surface area contributed by atoms with Gasteiger partial charge in [0.15, 0.2) is 11.5 Å². The van der Waals surface area contributed by atoms with Crippen LogP contribution in [0, 0.1) is 0 Å². The average Bonchev–Trinajstić information content (AvgIpc) is 2.83. The number of halogens is 1. The van der Waals surface area contributed by atoms with Crippen molar-refractivity contribution in [1.29, 1.82) is 0 Å². The molecule has 1 aliphatic rings. The quantitative estimate of drug-likeness (QED) is 0.784. The lowest BCUT2D eigenvalue weighted by Crippen LogP contribution is -2.13. The summed E-state index contributed by atoms with van der Waals surface area (Å²) in [5, 5.41) is 3.41. The number of carbonyl (C=O) groups excluding carboxylic acids is 1. The molecular formula is C21H20ClNO3. The van der Waals surface area contributed by atoms with Crippen LogP contribution in [0.4, 0.5) is 5.69 Å². The minimum Gasteiger partial charge on any atom is -0.493 e. The maximum absolute atomic E-state index is 12.6. The molecular weight excluding hydrogens is 350 g/mol. The second-order valence-corrected chi connectivity index (χ2v) is 6.71. The maximum Gasteiger partial charge on any atom is 0.255 e. The van der Waals surface area contributed by atoms with E-state index in [1.54, 1.807) is 31.4 Å². The molecule has 0 unspecified atom stereocenters. The molecule has 2 aromatic carbocycles. The van der Waals surface area contributed by atoms with Gasteiger partial charge in [-0.25, -0.2) is 0 Å². The first-order chi connectivity index (χ1) is 12.5. The fourth-order valence-corrected chi connectivity index (χ4v) is 2.88. The third-order valence-electron chi connectivity index (χ3n) is 4.11. The minimum atomic E-state index is -0.228. The van der Waals surface area contributed by atoms with Gasteiger partial charge in [-0.3, -0.25) is 4.79 Å². The summed E-state index contributed by atoms with van der Waals surface area (Å²) in [7, 11) is 1.54. The lowest BCUT2D eigenvalue weighted by Gasteiger charge is -2.10. The molecule has 0 spiro atoms. The number of methoxy groups -OCH3 is 1. The fourth-order valence-electron chi connectivity index (χ4n) is 2.66. The Kier molecular flexibility index (Phi) is 5.33. The van der Waals surface area contributed by atoms with E-state index < -0.39 is 0 Å². The Bertz CT molecular complexity index is 883. The van der Waals surface area contributed by atoms with Gasteiger partial charge >= 0.3 is 0 Å². The van der Waals surface area contributed by atoms with Crippen molar-refractivity contribution in [2.45, 2.75) is 19.8 Å². The summed E-state index contributed by atoms with van der Waals surface area (Å²) in [5.74, 6) is 1.26. The Morgan fingerprint density at radius 3 is 2.58 bits per heavy atom. The average molecular weight is 370 g/mol. The zero-order valence-electron chi connectivity index (χ0n) is 14.9. The molecule has 0 bridgehead atoms. The molecule has 0 aliphatic carbocycles. The number of hydrogen-bond acceptors (Lipinski definition) is 3. The van der Waals surface area contributed by atoms with Crippen LogP contribution in [-0.4, -0.2) is 13.0 Å². The van der Waals surface area contributed by atoms with E-state index >= 15 is 0 Å². The lowest BCUT2D eigenvalue weighted by molar-refractivity contribution is -0.112. The molecule has 1 aliphatic heterocycles. The molecule has 0 radical (unpaired) electrons. The fraction of sp³-hybridized carbons (Fsp3) is 0.190. The summed E-state index contributed by atoms with van der Waals surface area (Å²) in [6, 6.07) is 11.2. The molecule has 5 heteroatoms. The summed E-state index contributed by atoms with van der Waals surface area (Å²) in [6.07, 6.45) is 4.81. The van der Waals surface area contributed by atoms with Crippen molar-refractivity contribution < 1.29 is 14.3 Å². The second kappa shape index (κ2) is 7.67. The first kappa shape index (κ1) is 18.1. The third-order valence-corrected chi connectivity index (χ3v) is 4.33. The topological polar surface area (TPSA) is 47.6 Å². The monoisotopic (exact) mass is 369 g/mol. The molecule has 0 fully saturated rings. The van der Waals surface area contributed by atoms with Crippen LogP contribution in [-0.2, 0) is 4.79 Å². The highest BCUT2D eigenvalue weighted by molar-refractivity contribution is 6.31. The smallest absolute Gasteiger partial charge is 0.255 e. The van der Waals surface area contributed by atoms with Gasteiger partial charge in [0.2, 0.25) is 0 Å². The summed E-state index contributed by atoms with van der Waals surface area (Å²) < 4.78 is 10.9. The Balaban J connectivity index is 1.86. The number of carbonyl (C=O) groups is 1. The molecule has 0 saturated carbocycles. The van der Waals surface area contributed by atoms with Gasteiger partial charge in [0.25, 0.3) is 5.91 Å². The molecule has 0 saturated heterocycles. The van der Waals surface area contributed by atoms with Crippen LogP contribution in [0.1, 0.15) is 30.9 Å². The van der Waals surface area contributed by atoms with Gasteiger partial charge < -0.3 is 14.8 Å². The number of benzene rings is 2. The predicted molar refractivity (Wildman–Crippen MR) is 105 cm³/mol. The molecule has 1 heterocycles. The van der Waals surface area contributed by atoms with Crippen molar-refractivity contribution >= 4 is 29.3 Å². The van der Waals surface area contributed by atoms with E-state index in [0.717, 1.165) is 5.69 Å². The number of fused-ring (bicyclic) bond motifs is 1. The Hall–Kier alpha value is -2.72. The second-order valence-electron chi connectivity index (χ2n) is 6.28. The van der Waals surface area contributed by atoms with Gasteiger partial charge in [-0.05, 0) is 41.8 Å². The van der Waals surface area contributed by atoms with Crippen molar-refractivity contribution in [2.24, 2.45) is 0 Å². The molecule has 134 valence electrons. The molecule has 1 amide bonds. The highest BCUT2D eigenvalue weighted by atomic mass is 35.5. The van der Waals surface area contributed by atoms with Crippen molar-refractivity contribution in [2.75, 3.05) is 12.4 Å². The Morgan fingerprint density at radius 1 is 1.19 bits per heavy atom. The molecule has 0 aromatic heterocycles. The van der Waals surface area contributed by atoms with Gasteiger partial charge in [-0.1, -0.05) is 37.6 Å². The van der Waals surface area contributed by atoms with Crippen LogP contribution < -0.4 is 14.8 Å². The molecule has 4 nitrogen and oxygen atoms in total. The van der Waals surface area contributed by atoms with Gasteiger partial charge in [-0.15, -0.1) is 0 Å². The van der Waals surface area contributed by atoms with Crippen molar-refractivity contribution in [1.82, 2.24) is 0 Å². The number of amides is 1. The van der Waals surface area contributed by atoms with E-state index in [-0.39, 0.29) is 5.91 Å². The van der Waals surface area contributed by atoms with Gasteiger partial charge in [0, 0.05) is 27.9 Å². The number of anilines is 1. The standard InChI is InChI=1S/C21H20ClNO3/c1-13(2)14-4-6-18(7-5-14)23-21(24)15-8-9-26-20-16(10-15)11-17(22)12-19(20)25-3/h4-13H,1-3H3,(H,23,24). The van der Waals surface area contributed by atoms with E-state index in [1.807, 2.05) is 24.3 Å². The van der Waals surface area contributed by atoms with Crippen LogP contribution >= 0.6 is 11.6 Å². The summed E-state index contributed by atoms with van der Waals surface area (Å²) >= 11 is 6.13.